The van der Waals surface area contributed by atoms with Crippen molar-refractivity contribution in [1.82, 2.24) is 0 Å². The normalized spacial score (nSPS) is 17.3. The van der Waals surface area contributed by atoms with Crippen LogP contribution in [0.5, 0.6) is 0 Å². The molecule has 4 aromatic heterocycles. The molecule has 0 saturated heterocycles. The Bertz CT molecular complexity index is 6810. The van der Waals surface area contributed by atoms with E-state index in [0.717, 1.165) is 46.5 Å². The van der Waals surface area contributed by atoms with Crippen molar-refractivity contribution in [3.8, 4) is 89.5 Å². The van der Waals surface area contributed by atoms with Gasteiger partial charge >= 0.3 is 0 Å². The molecule has 0 unspecified atom stereocenters. The zero-order valence-corrected chi connectivity index (χ0v) is 64.7. The Labute approximate surface area is 684 Å². The van der Waals surface area contributed by atoms with E-state index in [2.05, 4.69) is 53.8 Å². The van der Waals surface area contributed by atoms with Gasteiger partial charge in [0.15, 0.2) is 24.8 Å². The van der Waals surface area contributed by atoms with E-state index in [9.17, 15) is 0 Å². The van der Waals surface area contributed by atoms with Gasteiger partial charge in [0.25, 0.3) is 0 Å². The fraction of sp³-hybridized carbons (Fsp3) is 0.327. The molecule has 8 aromatic carbocycles. The van der Waals surface area contributed by atoms with Crippen LogP contribution in [0.15, 0.2) is 237 Å². The molecular weight excluding hydrogens is 1270 g/mol. The lowest BCUT2D eigenvalue weighted by atomic mass is 9.81. The first-order chi connectivity index (χ1) is 64.1. The van der Waals surface area contributed by atoms with Crippen LogP contribution in [0.1, 0.15) is 205 Å². The molecule has 0 radical (unpaired) electrons. The number of benzene rings is 8. The summed E-state index contributed by atoms with van der Waals surface area (Å²) in [4.78, 5) is 0. The summed E-state index contributed by atoms with van der Waals surface area (Å²) < 4.78 is 302. The van der Waals surface area contributed by atoms with Gasteiger partial charge in [0, 0.05) is 91.2 Å². The van der Waals surface area contributed by atoms with E-state index < -0.39 is 172 Å². The molecule has 0 N–H and O–H groups in total. The van der Waals surface area contributed by atoms with Crippen LogP contribution in [-0.2, 0) is 53.8 Å². The Morgan fingerprint density at radius 1 is 0.295 bits per heavy atom. The highest BCUT2D eigenvalue weighted by molar-refractivity contribution is 5.79. The third-order valence-corrected chi connectivity index (χ3v) is 17.2. The van der Waals surface area contributed by atoms with Crippen LogP contribution < -0.4 is 18.3 Å². The molecule has 0 fully saturated rings. The number of pyridine rings is 4. The molecule has 4 nitrogen and oxygen atoms in total. The smallest absolute Gasteiger partial charge is 0.201 e. The lowest BCUT2D eigenvalue weighted by molar-refractivity contribution is -0.661. The van der Waals surface area contributed by atoms with Gasteiger partial charge in [-0.3, -0.25) is 0 Å². The van der Waals surface area contributed by atoms with Crippen molar-refractivity contribution in [2.75, 3.05) is 0 Å². The third kappa shape index (κ3) is 21.3. The molecule has 12 rings (SSSR count). The van der Waals surface area contributed by atoms with E-state index in [0.29, 0.717) is 50.3 Å². The Morgan fingerprint density at radius 3 is 0.971 bits per heavy atom. The van der Waals surface area contributed by atoms with Gasteiger partial charge in [0.1, 0.15) is 28.2 Å². The summed E-state index contributed by atoms with van der Waals surface area (Å²) in [6, 6.07) is 15.7. The highest BCUT2D eigenvalue weighted by Crippen LogP contribution is 2.38. The quantitative estimate of drug-likeness (QED) is 0.108. The summed E-state index contributed by atoms with van der Waals surface area (Å²) in [5.41, 5.74) is 11.0. The molecule has 0 aliphatic carbocycles. The molecule has 0 aliphatic heterocycles. The summed E-state index contributed by atoms with van der Waals surface area (Å²) >= 11 is 0. The molecule has 105 heavy (non-hydrogen) atoms. The first kappa shape index (κ1) is 43.7. The van der Waals surface area contributed by atoms with Crippen molar-refractivity contribution in [2.24, 2.45) is 49.9 Å². The monoisotopic (exact) mass is 1430 g/mol. The van der Waals surface area contributed by atoms with Gasteiger partial charge in [-0.1, -0.05) is 228 Å². The summed E-state index contributed by atoms with van der Waals surface area (Å²) in [5.74, 6) is 0. The lowest BCUT2D eigenvalue weighted by Gasteiger charge is -2.24. The fourth-order valence-corrected chi connectivity index (χ4v) is 12.5. The van der Waals surface area contributed by atoms with Crippen LogP contribution in [0.3, 0.4) is 0 Å². The molecule has 12 aromatic rings. The summed E-state index contributed by atoms with van der Waals surface area (Å²) in [7, 11) is 7.36. The Hall–Kier alpha value is -9.64. The van der Waals surface area contributed by atoms with Gasteiger partial charge in [-0.15, -0.1) is 0 Å². The Balaban J connectivity index is 0.000000211. The minimum Gasteiger partial charge on any atom is -0.201 e. The van der Waals surface area contributed by atoms with E-state index in [1.807, 2.05) is 109 Å². The number of aryl methyl sites for hydroxylation is 13. The van der Waals surface area contributed by atoms with Crippen molar-refractivity contribution < 1.29 is 67.6 Å². The second-order valence-corrected chi connectivity index (χ2v) is 31.4. The number of nitrogens with zero attached hydrogens (tertiary/aromatic N) is 4. The maximum Gasteiger partial charge on any atom is 0.212 e. The predicted octanol–water partition coefficient (Wildman–Crippen LogP) is 24.5. The molecular formula is C101H122N4+4. The second-order valence-electron chi connectivity index (χ2n) is 31.4. The minimum atomic E-state index is -2.59. The van der Waals surface area contributed by atoms with Crippen molar-refractivity contribution in [3.05, 3.63) is 309 Å². The Morgan fingerprint density at radius 2 is 0.629 bits per heavy atom. The van der Waals surface area contributed by atoms with Crippen molar-refractivity contribution in [1.29, 1.82) is 0 Å². The molecule has 0 bridgehead atoms. The van der Waals surface area contributed by atoms with Crippen LogP contribution >= 0.6 is 0 Å². The molecule has 0 saturated carbocycles. The first-order valence-corrected chi connectivity index (χ1v) is 35.0. The zero-order valence-electron chi connectivity index (χ0n) is 101. The van der Waals surface area contributed by atoms with Gasteiger partial charge in [-0.25, -0.2) is 18.3 Å². The number of hydrogen-bond donors (Lipinski definition) is 0. The zero-order chi connectivity index (χ0) is 107. The average molecular weight is 1430 g/mol. The first-order valence-electron chi connectivity index (χ1n) is 53.0. The van der Waals surface area contributed by atoms with Crippen molar-refractivity contribution in [2.45, 2.75) is 171 Å². The molecule has 4 heterocycles. The minimum absolute atomic E-state index is 0.0378. The topological polar surface area (TPSA) is 15.5 Å². The second kappa shape index (κ2) is 33.6. The average Bonchev–Trinajstić information content (AvgIpc) is 0.690. The Kier molecular flexibility index (Phi) is 14.0. The van der Waals surface area contributed by atoms with E-state index in [1.54, 1.807) is 98.9 Å². The van der Waals surface area contributed by atoms with Gasteiger partial charge in [-0.2, -0.15) is 0 Å². The van der Waals surface area contributed by atoms with E-state index in [4.69, 9.17) is 49.3 Å². The fourth-order valence-electron chi connectivity index (χ4n) is 12.5. The van der Waals surface area contributed by atoms with Gasteiger partial charge in [0.2, 0.25) is 22.8 Å². The summed E-state index contributed by atoms with van der Waals surface area (Å²) in [6.45, 7) is 23.0. The standard InChI is InChI=1S/C30H40N.C26H32N.C25H30N.C20H20N/c1-21-15-22(2)27(17-26(21)23-13-11-10-12-14-23)28-16-24(18-29(3,4)5)25(20-31(28)9)19-30(6,7)8;1-18-14-25(27(7)17-22(18)16-26(4,5)6)24-15-23(19(2)13-20(24)3)21-11-9-8-10-12-21;1-18-14-19(2)23(15-22(18)21-10-8-7-9-11-21)24-13-12-20(17-26(24)6)16-25(3,4)5;1-15-13-16(2)19(20-11-7-8-12-21(20)3)14-18(15)17-9-5-4-6-10-17/h10-17,20H,18-19H2,1-9H3;8-15,17H,16H2,1-7H3;7-15,17H,16H2,1-6H3;4-14H,1-3H3/q4*+1/i1D3,10D,11D,12D,13D,14D;2D3,8D,9D,10D,11D,12D,16D2;1D3,7D,8D,9D,10D,11D,16D2;1D3,4D,5D,6D,9D,10D. The highest BCUT2D eigenvalue weighted by Gasteiger charge is 2.27. The lowest BCUT2D eigenvalue weighted by Crippen LogP contribution is -2.33. The number of aromatic nitrogens is 4. The summed E-state index contributed by atoms with van der Waals surface area (Å²) in [5, 5.41) is 0. The van der Waals surface area contributed by atoms with Crippen LogP contribution in [0.25, 0.3) is 89.5 Å². The largest absolute Gasteiger partial charge is 0.212 e. The third-order valence-electron chi connectivity index (χ3n) is 17.2. The molecule has 0 amide bonds. The van der Waals surface area contributed by atoms with Crippen LogP contribution in [-0.4, -0.2) is 0 Å². The van der Waals surface area contributed by atoms with E-state index >= 15 is 0 Å². The predicted molar refractivity (Wildman–Crippen MR) is 449 cm³/mol. The molecule has 4 heteroatoms. The molecule has 0 spiro atoms. The van der Waals surface area contributed by atoms with E-state index in [-0.39, 0.29) is 77.6 Å². The molecule has 542 valence electrons. The van der Waals surface area contributed by atoms with Crippen LogP contribution in [0.4, 0.5) is 0 Å². The number of rotatable bonds is 12. The summed E-state index contributed by atoms with van der Waals surface area (Å²) in [6.07, 6.45) is 5.96. The van der Waals surface area contributed by atoms with Crippen LogP contribution in [0, 0.1) is 83.7 Å². The van der Waals surface area contributed by atoms with Gasteiger partial charge < -0.3 is 0 Å². The van der Waals surface area contributed by atoms with Gasteiger partial charge in [0.05, 0.1) is 27.4 Å². The van der Waals surface area contributed by atoms with Crippen LogP contribution in [0.2, 0.25) is 0 Å². The van der Waals surface area contributed by atoms with Gasteiger partial charge in [-0.05, 0) is 246 Å². The van der Waals surface area contributed by atoms with E-state index in [1.165, 1.54) is 29.3 Å². The van der Waals surface area contributed by atoms with Crippen molar-refractivity contribution in [3.63, 3.8) is 0 Å². The highest BCUT2D eigenvalue weighted by atomic mass is 14.9. The maximum absolute atomic E-state index is 8.72. The molecule has 0 aliphatic rings. The SMILES string of the molecule is [2H]c1c([2H])c([2H])c(-c2cc(-c3cc(C)c(C([2H])([2H])C(C)(C)C)c[n+]3C)c(C)cc2C([2H])([2H])[2H])c([2H])c1[2H].[2H]c1c([2H])c([2H])c(-c2cc(-c3cc(CC(C)(C)C)c(CC(C)(C)C)c[n+]3C)c(C)cc2C([2H])([2H])[2H])c([2H])c1[2H].[2H]c1c([2H])c([2H])c(-c2cc(-c3ccc(C([2H])([2H])C(C)(C)C)c[n+]3C)c(C)cc2C([2H])([2H])[2H])c([2H])c1[2H].[2H]c1c([2H])c([2H])c(-c2cc(-c3cccc[n+]3C)c(C)cc2C([2H])([2H])[2H])c([2H])c1[2H]. The molecule has 0 atom stereocenters. The number of hydrogen-bond acceptors (Lipinski definition) is 0. The maximum atomic E-state index is 8.72. The van der Waals surface area contributed by atoms with Crippen molar-refractivity contribution >= 4 is 0 Å².